The number of rotatable bonds is 5. The molecular weight excluding hydrogens is 397 g/mol. The lowest BCUT2D eigenvalue weighted by Crippen LogP contribution is -2.40. The van der Waals surface area contributed by atoms with Crippen LogP contribution in [0.2, 0.25) is 0 Å². The molecule has 0 saturated carbocycles. The van der Waals surface area contributed by atoms with Gasteiger partial charge < -0.3 is 15.4 Å². The molecule has 1 saturated heterocycles. The van der Waals surface area contributed by atoms with Gasteiger partial charge in [0.15, 0.2) is 6.61 Å². The van der Waals surface area contributed by atoms with Gasteiger partial charge in [0.25, 0.3) is 5.91 Å². The summed E-state index contributed by atoms with van der Waals surface area (Å²) in [7, 11) is 0. The first kappa shape index (κ1) is 20.7. The first-order chi connectivity index (χ1) is 15.0. The Labute approximate surface area is 180 Å². The second-order valence-corrected chi connectivity index (χ2v) is 7.65. The van der Waals surface area contributed by atoms with Crippen LogP contribution in [0.25, 0.3) is 11.1 Å². The van der Waals surface area contributed by atoms with Crippen LogP contribution in [-0.2, 0) is 4.79 Å². The first-order valence-corrected chi connectivity index (χ1v) is 10.2. The molecule has 160 valence electrons. The van der Waals surface area contributed by atoms with Gasteiger partial charge in [-0.05, 0) is 61.7 Å². The lowest BCUT2D eigenvalue weighted by Gasteiger charge is -2.32. The van der Waals surface area contributed by atoms with E-state index in [2.05, 4.69) is 16.0 Å². The number of likely N-dealkylation sites (tertiary alicyclic amines) is 1. The molecular formula is C23H24FN5O2. The number of nitrogens with zero attached hydrogens (tertiary/aromatic N) is 4. The molecule has 31 heavy (non-hydrogen) atoms. The molecule has 3 aromatic rings. The van der Waals surface area contributed by atoms with E-state index in [9.17, 15) is 9.18 Å². The molecule has 2 N–H and O–H groups in total. The zero-order chi connectivity index (χ0) is 21.8. The van der Waals surface area contributed by atoms with Crippen molar-refractivity contribution in [2.45, 2.75) is 25.7 Å². The van der Waals surface area contributed by atoms with Crippen LogP contribution in [0.15, 0.2) is 48.8 Å². The number of ether oxygens (including phenoxy) is 1. The molecule has 3 heterocycles. The summed E-state index contributed by atoms with van der Waals surface area (Å²) in [5.41, 5.74) is 9.43. The number of aryl methyl sites for hydroxylation is 1. The van der Waals surface area contributed by atoms with Crippen molar-refractivity contribution in [2.24, 2.45) is 0 Å². The third-order valence-electron chi connectivity index (χ3n) is 5.42. The van der Waals surface area contributed by atoms with Crippen molar-refractivity contribution in [3.8, 4) is 16.9 Å². The van der Waals surface area contributed by atoms with Crippen molar-refractivity contribution < 1.29 is 13.9 Å². The zero-order valence-electron chi connectivity index (χ0n) is 17.3. The van der Waals surface area contributed by atoms with Gasteiger partial charge in [0.05, 0.1) is 0 Å². The number of aromatic nitrogens is 3. The Morgan fingerprint density at radius 2 is 1.81 bits per heavy atom. The van der Waals surface area contributed by atoms with Crippen LogP contribution in [-0.4, -0.2) is 45.5 Å². The normalized spacial score (nSPS) is 14.5. The Balaban J connectivity index is 1.36. The molecule has 1 aliphatic heterocycles. The molecule has 0 atom stereocenters. The lowest BCUT2D eigenvalue weighted by atomic mass is 9.91. The molecule has 2 aromatic heterocycles. The number of hydrogen-bond acceptors (Lipinski definition) is 6. The Kier molecular flexibility index (Phi) is 6.06. The molecule has 8 heteroatoms. The molecule has 7 nitrogen and oxygen atoms in total. The van der Waals surface area contributed by atoms with E-state index in [0.29, 0.717) is 18.8 Å². The molecule has 0 spiro atoms. The fourth-order valence-corrected chi connectivity index (χ4v) is 3.75. The Bertz CT molecular complexity index is 1050. The van der Waals surface area contributed by atoms with Crippen LogP contribution in [0.1, 0.15) is 30.1 Å². The highest BCUT2D eigenvalue weighted by molar-refractivity contribution is 5.77. The Morgan fingerprint density at radius 3 is 2.48 bits per heavy atom. The van der Waals surface area contributed by atoms with E-state index in [1.54, 1.807) is 12.4 Å². The minimum Gasteiger partial charge on any atom is -0.484 e. The van der Waals surface area contributed by atoms with Crippen molar-refractivity contribution in [1.82, 2.24) is 19.9 Å². The van der Waals surface area contributed by atoms with E-state index in [1.165, 1.54) is 24.3 Å². The fraction of sp³-hybridized carbons (Fsp3) is 0.304. The predicted octanol–water partition coefficient (Wildman–Crippen LogP) is 3.35. The number of piperidine rings is 1. The molecule has 0 bridgehead atoms. The van der Waals surface area contributed by atoms with E-state index in [-0.39, 0.29) is 30.2 Å². The first-order valence-electron chi connectivity index (χ1n) is 10.2. The summed E-state index contributed by atoms with van der Waals surface area (Å²) in [6.45, 7) is 3.20. The van der Waals surface area contributed by atoms with Gasteiger partial charge >= 0.3 is 0 Å². The monoisotopic (exact) mass is 421 g/mol. The summed E-state index contributed by atoms with van der Waals surface area (Å²) < 4.78 is 18.5. The van der Waals surface area contributed by atoms with Gasteiger partial charge in [0.1, 0.15) is 11.6 Å². The fourth-order valence-electron chi connectivity index (χ4n) is 3.75. The summed E-state index contributed by atoms with van der Waals surface area (Å²) in [6, 6.07) is 9.73. The molecule has 1 aromatic carbocycles. The quantitative estimate of drug-likeness (QED) is 0.679. The average Bonchev–Trinajstić information content (AvgIpc) is 2.78. The van der Waals surface area contributed by atoms with Crippen LogP contribution in [0.5, 0.6) is 5.75 Å². The highest BCUT2D eigenvalue weighted by Crippen LogP contribution is 2.30. The van der Waals surface area contributed by atoms with Crippen LogP contribution in [0.3, 0.4) is 0 Å². The smallest absolute Gasteiger partial charge is 0.260 e. The highest BCUT2D eigenvalue weighted by atomic mass is 19.1. The maximum atomic E-state index is 13.0. The van der Waals surface area contributed by atoms with Gasteiger partial charge in [0, 0.05) is 48.4 Å². The van der Waals surface area contributed by atoms with Crippen LogP contribution >= 0.6 is 0 Å². The van der Waals surface area contributed by atoms with Crippen molar-refractivity contribution in [2.75, 3.05) is 25.4 Å². The van der Waals surface area contributed by atoms with E-state index >= 15 is 0 Å². The van der Waals surface area contributed by atoms with Gasteiger partial charge in [0.2, 0.25) is 5.95 Å². The van der Waals surface area contributed by atoms with Gasteiger partial charge in [-0.15, -0.1) is 0 Å². The van der Waals surface area contributed by atoms with E-state index in [1.807, 2.05) is 17.9 Å². The summed E-state index contributed by atoms with van der Waals surface area (Å²) in [5, 5.41) is 0. The number of carbonyl (C=O) groups is 1. The second kappa shape index (κ2) is 9.07. The standard InChI is InChI=1S/C23H24FN5O2/c1-15-10-17(18-12-26-23(25)27-13-18)11-21(28-15)16-6-8-29(9-7-16)22(30)14-31-20-4-2-19(24)3-5-20/h2-5,10-13,16H,6-9,14H2,1H3,(H2,25,26,27). The number of benzene rings is 1. The van der Waals surface area contributed by atoms with Gasteiger partial charge in [-0.2, -0.15) is 0 Å². The van der Waals surface area contributed by atoms with Gasteiger partial charge in [-0.3, -0.25) is 9.78 Å². The second-order valence-electron chi connectivity index (χ2n) is 7.65. The summed E-state index contributed by atoms with van der Waals surface area (Å²) in [6.07, 6.45) is 5.08. The van der Waals surface area contributed by atoms with Gasteiger partial charge in [-0.25, -0.2) is 14.4 Å². The number of nitrogen functional groups attached to an aromatic ring is 1. The molecule has 1 amide bonds. The van der Waals surface area contributed by atoms with Crippen molar-refractivity contribution >= 4 is 11.9 Å². The number of halogens is 1. The molecule has 0 unspecified atom stereocenters. The highest BCUT2D eigenvalue weighted by Gasteiger charge is 2.25. The third kappa shape index (κ3) is 5.14. The number of hydrogen-bond donors (Lipinski definition) is 1. The molecule has 1 aliphatic rings. The predicted molar refractivity (Wildman–Crippen MR) is 115 cm³/mol. The van der Waals surface area contributed by atoms with Crippen molar-refractivity contribution in [3.63, 3.8) is 0 Å². The van der Waals surface area contributed by atoms with Crippen LogP contribution in [0.4, 0.5) is 10.3 Å². The molecule has 4 rings (SSSR count). The largest absolute Gasteiger partial charge is 0.484 e. The maximum Gasteiger partial charge on any atom is 0.260 e. The number of nitrogens with two attached hydrogens (primary N) is 1. The zero-order valence-corrected chi connectivity index (χ0v) is 17.3. The number of anilines is 1. The topological polar surface area (TPSA) is 94.2 Å². The lowest BCUT2D eigenvalue weighted by molar-refractivity contribution is -0.134. The molecule has 0 radical (unpaired) electrons. The van der Waals surface area contributed by atoms with E-state index < -0.39 is 0 Å². The minimum atomic E-state index is -0.336. The summed E-state index contributed by atoms with van der Waals surface area (Å²) in [5.74, 6) is 0.593. The number of pyridine rings is 1. The van der Waals surface area contributed by atoms with E-state index in [4.69, 9.17) is 15.5 Å². The van der Waals surface area contributed by atoms with Crippen LogP contribution in [0, 0.1) is 12.7 Å². The van der Waals surface area contributed by atoms with Crippen LogP contribution < -0.4 is 10.5 Å². The molecule has 0 aliphatic carbocycles. The molecule has 1 fully saturated rings. The van der Waals surface area contributed by atoms with Gasteiger partial charge in [-0.1, -0.05) is 0 Å². The third-order valence-corrected chi connectivity index (χ3v) is 5.42. The Hall–Kier alpha value is -3.55. The summed E-state index contributed by atoms with van der Waals surface area (Å²) >= 11 is 0. The van der Waals surface area contributed by atoms with E-state index in [0.717, 1.165) is 35.4 Å². The number of carbonyl (C=O) groups excluding carboxylic acids is 1. The van der Waals surface area contributed by atoms with Crippen molar-refractivity contribution in [1.29, 1.82) is 0 Å². The average molecular weight is 421 g/mol. The minimum absolute atomic E-state index is 0.0553. The Morgan fingerprint density at radius 1 is 1.13 bits per heavy atom. The SMILES string of the molecule is Cc1cc(-c2cnc(N)nc2)cc(C2CCN(C(=O)COc3ccc(F)cc3)CC2)n1. The summed E-state index contributed by atoms with van der Waals surface area (Å²) in [4.78, 5) is 27.2. The number of amides is 1. The van der Waals surface area contributed by atoms with Crippen molar-refractivity contribution in [3.05, 3.63) is 66.0 Å². The maximum absolute atomic E-state index is 13.0.